The zero-order chi connectivity index (χ0) is 14.6. The van der Waals surface area contributed by atoms with Gasteiger partial charge in [-0.25, -0.2) is 0 Å². The smallest absolute Gasteiger partial charge is 0.284 e. The van der Waals surface area contributed by atoms with Crippen LogP contribution in [0.5, 0.6) is 0 Å². The van der Waals surface area contributed by atoms with Crippen molar-refractivity contribution in [3.8, 4) is 0 Å². The predicted molar refractivity (Wildman–Crippen MR) is 77.2 cm³/mol. The van der Waals surface area contributed by atoms with Gasteiger partial charge in [0.25, 0.3) is 11.6 Å². The Balaban J connectivity index is 2.78. The van der Waals surface area contributed by atoms with Crippen molar-refractivity contribution in [2.45, 2.75) is 27.2 Å². The molecule has 0 aromatic heterocycles. The van der Waals surface area contributed by atoms with Crippen molar-refractivity contribution in [1.82, 2.24) is 5.32 Å². The molecule has 1 N–H and O–H groups in total. The number of amides is 1. The largest absolute Gasteiger partial charge is 0.352 e. The Labute approximate surface area is 120 Å². The summed E-state index contributed by atoms with van der Waals surface area (Å²) in [6.07, 6.45) is 0.839. The van der Waals surface area contributed by atoms with E-state index in [1.165, 1.54) is 12.1 Å². The molecule has 1 rings (SSSR count). The topological polar surface area (TPSA) is 72.2 Å². The molecule has 6 heteroatoms. The van der Waals surface area contributed by atoms with Crippen molar-refractivity contribution in [3.63, 3.8) is 0 Å². The maximum atomic E-state index is 12.0. The van der Waals surface area contributed by atoms with E-state index in [9.17, 15) is 14.9 Å². The van der Waals surface area contributed by atoms with E-state index in [1.54, 1.807) is 6.07 Å². The lowest BCUT2D eigenvalue weighted by Gasteiger charge is -2.18. The first kappa shape index (κ1) is 15.6. The van der Waals surface area contributed by atoms with Crippen LogP contribution in [0.3, 0.4) is 0 Å². The van der Waals surface area contributed by atoms with E-state index >= 15 is 0 Å². The van der Waals surface area contributed by atoms with Crippen molar-refractivity contribution in [2.75, 3.05) is 6.54 Å². The maximum absolute atomic E-state index is 12.0. The van der Waals surface area contributed by atoms with Gasteiger partial charge in [-0.2, -0.15) is 0 Å². The molecule has 0 heterocycles. The molecular weight excluding hydrogens is 312 g/mol. The number of nitrogens with one attached hydrogen (secondary N) is 1. The van der Waals surface area contributed by atoms with Gasteiger partial charge in [0.1, 0.15) is 4.47 Å². The lowest BCUT2D eigenvalue weighted by Crippen LogP contribution is -2.27. The fourth-order valence-corrected chi connectivity index (χ4v) is 2.07. The van der Waals surface area contributed by atoms with Gasteiger partial charge in [0.15, 0.2) is 0 Å². The van der Waals surface area contributed by atoms with Gasteiger partial charge in [-0.05, 0) is 33.8 Å². The van der Waals surface area contributed by atoms with E-state index in [4.69, 9.17) is 0 Å². The number of benzene rings is 1. The summed E-state index contributed by atoms with van der Waals surface area (Å²) in [6.45, 7) is 6.80. The molecule has 0 saturated heterocycles. The number of carbonyl (C=O) groups excluding carboxylic acids is 1. The lowest BCUT2D eigenvalue weighted by molar-refractivity contribution is -0.385. The molecule has 1 aromatic rings. The summed E-state index contributed by atoms with van der Waals surface area (Å²) in [5.74, 6) is -0.306. The summed E-state index contributed by atoms with van der Waals surface area (Å²) in [6, 6.07) is 4.42. The van der Waals surface area contributed by atoms with E-state index < -0.39 is 4.92 Å². The third kappa shape index (κ3) is 4.63. The van der Waals surface area contributed by atoms with Crippen LogP contribution in [0.4, 0.5) is 5.69 Å². The quantitative estimate of drug-likeness (QED) is 0.678. The number of nitro benzene ring substituents is 1. The second-order valence-corrected chi connectivity index (χ2v) is 6.26. The number of halogens is 1. The standard InChI is InChI=1S/C13H17BrN2O3/c1-13(2,3)7-8-15-12(17)9-5-4-6-10(11(9)14)16(18)19/h4-6H,7-8H2,1-3H3,(H,15,17). The highest BCUT2D eigenvalue weighted by atomic mass is 79.9. The Bertz CT molecular complexity index is 495. The third-order valence-corrected chi connectivity index (χ3v) is 3.41. The van der Waals surface area contributed by atoms with Gasteiger partial charge >= 0.3 is 0 Å². The van der Waals surface area contributed by atoms with Crippen molar-refractivity contribution < 1.29 is 9.72 Å². The van der Waals surface area contributed by atoms with Gasteiger partial charge in [-0.15, -0.1) is 0 Å². The first-order valence-electron chi connectivity index (χ1n) is 5.93. The molecule has 104 valence electrons. The second kappa shape index (κ2) is 6.14. The van der Waals surface area contributed by atoms with E-state index in [2.05, 4.69) is 42.0 Å². The maximum Gasteiger partial charge on any atom is 0.284 e. The van der Waals surface area contributed by atoms with E-state index in [0.29, 0.717) is 6.54 Å². The van der Waals surface area contributed by atoms with Gasteiger partial charge in [0, 0.05) is 12.6 Å². The first-order chi connectivity index (χ1) is 8.72. The average molecular weight is 329 g/mol. The molecule has 0 spiro atoms. The predicted octanol–water partition coefficient (Wildman–Crippen LogP) is 3.52. The molecule has 0 fully saturated rings. The van der Waals surface area contributed by atoms with Crippen molar-refractivity contribution >= 4 is 27.5 Å². The number of nitro groups is 1. The fourth-order valence-electron chi connectivity index (χ4n) is 1.48. The van der Waals surface area contributed by atoms with E-state index in [1.807, 2.05) is 0 Å². The fraction of sp³-hybridized carbons (Fsp3) is 0.462. The van der Waals surface area contributed by atoms with Crippen LogP contribution >= 0.6 is 15.9 Å². The minimum absolute atomic E-state index is 0.108. The average Bonchev–Trinajstić information content (AvgIpc) is 2.26. The highest BCUT2D eigenvalue weighted by Crippen LogP contribution is 2.28. The van der Waals surface area contributed by atoms with Crippen LogP contribution in [-0.2, 0) is 0 Å². The minimum atomic E-state index is -0.518. The highest BCUT2D eigenvalue weighted by Gasteiger charge is 2.19. The Morgan fingerprint density at radius 2 is 2.05 bits per heavy atom. The molecule has 0 atom stereocenters. The van der Waals surface area contributed by atoms with Crippen LogP contribution in [-0.4, -0.2) is 17.4 Å². The van der Waals surface area contributed by atoms with Crippen molar-refractivity contribution in [2.24, 2.45) is 5.41 Å². The monoisotopic (exact) mass is 328 g/mol. The van der Waals surface area contributed by atoms with Crippen LogP contribution in [0.25, 0.3) is 0 Å². The van der Waals surface area contributed by atoms with Gasteiger partial charge < -0.3 is 5.32 Å². The third-order valence-electron chi connectivity index (χ3n) is 2.58. The minimum Gasteiger partial charge on any atom is -0.352 e. The normalized spacial score (nSPS) is 11.2. The molecule has 5 nitrogen and oxygen atoms in total. The number of hydrogen-bond acceptors (Lipinski definition) is 3. The summed E-state index contributed by atoms with van der Waals surface area (Å²) in [4.78, 5) is 22.2. The van der Waals surface area contributed by atoms with Crippen LogP contribution < -0.4 is 5.32 Å². The number of rotatable bonds is 4. The van der Waals surface area contributed by atoms with Crippen LogP contribution in [0.1, 0.15) is 37.6 Å². The Kier molecular flexibility index (Phi) is 5.05. The molecule has 0 saturated carbocycles. The number of hydrogen-bond donors (Lipinski definition) is 1. The lowest BCUT2D eigenvalue weighted by atomic mass is 9.92. The van der Waals surface area contributed by atoms with Crippen molar-refractivity contribution in [3.05, 3.63) is 38.3 Å². The van der Waals surface area contributed by atoms with Gasteiger partial charge in [0.05, 0.1) is 10.5 Å². The van der Waals surface area contributed by atoms with Gasteiger partial charge in [0.2, 0.25) is 0 Å². The molecule has 0 radical (unpaired) electrons. The summed E-state index contributed by atoms with van der Waals surface area (Å²) >= 11 is 3.11. The van der Waals surface area contributed by atoms with E-state index in [-0.39, 0.29) is 27.0 Å². The molecule has 0 aliphatic carbocycles. The van der Waals surface area contributed by atoms with Crippen LogP contribution in [0.2, 0.25) is 0 Å². The molecular formula is C13H17BrN2O3. The molecule has 0 bridgehead atoms. The summed E-state index contributed by atoms with van der Waals surface area (Å²) < 4.78 is 0.216. The summed E-state index contributed by atoms with van der Waals surface area (Å²) in [5.41, 5.74) is 0.305. The molecule has 0 aliphatic heterocycles. The molecule has 0 unspecified atom stereocenters. The highest BCUT2D eigenvalue weighted by molar-refractivity contribution is 9.10. The number of nitrogens with zero attached hydrogens (tertiary/aromatic N) is 1. The Morgan fingerprint density at radius 1 is 1.42 bits per heavy atom. The number of carbonyl (C=O) groups is 1. The molecule has 1 amide bonds. The molecule has 1 aromatic carbocycles. The zero-order valence-electron chi connectivity index (χ0n) is 11.2. The SMILES string of the molecule is CC(C)(C)CCNC(=O)c1cccc([N+](=O)[O-])c1Br. The Morgan fingerprint density at radius 3 is 2.58 bits per heavy atom. The second-order valence-electron chi connectivity index (χ2n) is 5.46. The zero-order valence-corrected chi connectivity index (χ0v) is 12.8. The summed E-state index contributed by atoms with van der Waals surface area (Å²) in [7, 11) is 0. The van der Waals surface area contributed by atoms with Crippen molar-refractivity contribution in [1.29, 1.82) is 0 Å². The van der Waals surface area contributed by atoms with Crippen LogP contribution in [0.15, 0.2) is 22.7 Å². The molecule has 0 aliphatic rings. The van der Waals surface area contributed by atoms with Gasteiger partial charge in [-0.1, -0.05) is 26.8 Å². The first-order valence-corrected chi connectivity index (χ1v) is 6.73. The van der Waals surface area contributed by atoms with E-state index in [0.717, 1.165) is 6.42 Å². The Hall–Kier alpha value is -1.43. The summed E-state index contributed by atoms with van der Waals surface area (Å²) in [5, 5.41) is 13.6. The van der Waals surface area contributed by atoms with Crippen LogP contribution in [0, 0.1) is 15.5 Å². The molecule has 19 heavy (non-hydrogen) atoms. The van der Waals surface area contributed by atoms with Gasteiger partial charge in [-0.3, -0.25) is 14.9 Å².